The molecule has 2 aliphatic rings. The molecule has 0 aliphatic heterocycles. The Morgan fingerprint density at radius 2 is 2.12 bits per heavy atom. The van der Waals surface area contributed by atoms with E-state index in [4.69, 9.17) is 5.11 Å². The molecule has 0 heterocycles. The fraction of sp³-hybridized carbons (Fsp3) is 0.818. The van der Waals surface area contributed by atoms with Crippen LogP contribution in [-0.4, -0.2) is 29.2 Å². The minimum Gasteiger partial charge on any atom is -0.480 e. The first-order valence-electron chi connectivity index (χ1n) is 5.91. The van der Waals surface area contributed by atoms with Crippen molar-refractivity contribution in [1.29, 1.82) is 0 Å². The molecule has 2 fully saturated rings. The number of aliphatic carboxylic acids is 1. The number of hydrogen-bond acceptors (Lipinski definition) is 2. The Morgan fingerprint density at radius 1 is 1.44 bits per heavy atom. The zero-order valence-corrected chi connectivity index (χ0v) is 9.40. The van der Waals surface area contributed by atoms with Gasteiger partial charge in [-0.15, -0.1) is 0 Å². The van der Waals surface area contributed by atoms with Gasteiger partial charge in [0.1, 0.15) is 6.04 Å². The van der Waals surface area contributed by atoms with Crippen molar-refractivity contribution in [3.8, 4) is 0 Å². The van der Waals surface area contributed by atoms with Crippen LogP contribution in [0, 0.1) is 11.8 Å². The summed E-state index contributed by atoms with van der Waals surface area (Å²) in [4.78, 5) is 22.4. The molecule has 90 valence electrons. The molecule has 3 unspecified atom stereocenters. The van der Waals surface area contributed by atoms with Gasteiger partial charge in [-0.1, -0.05) is 13.3 Å². The smallest absolute Gasteiger partial charge is 0.326 e. The van der Waals surface area contributed by atoms with Crippen molar-refractivity contribution in [2.45, 2.75) is 44.7 Å². The molecule has 2 rings (SSSR count). The molecule has 2 aliphatic carbocycles. The maximum absolute atomic E-state index is 11.5. The van der Waals surface area contributed by atoms with Gasteiger partial charge in [0, 0.05) is 6.04 Å². The van der Waals surface area contributed by atoms with E-state index in [9.17, 15) is 9.59 Å². The Bertz CT molecular complexity index is 302. The van der Waals surface area contributed by atoms with Gasteiger partial charge >= 0.3 is 12.0 Å². The van der Waals surface area contributed by atoms with Crippen LogP contribution >= 0.6 is 0 Å². The first kappa shape index (κ1) is 11.2. The van der Waals surface area contributed by atoms with Crippen molar-refractivity contribution in [2.75, 3.05) is 0 Å². The van der Waals surface area contributed by atoms with Crippen molar-refractivity contribution < 1.29 is 14.7 Å². The quantitative estimate of drug-likeness (QED) is 0.653. The number of rotatable bonds is 5. The SMILES string of the molecule is CCC1CC1NC(=O)NC(C(=O)O)C1CC1. The molecule has 16 heavy (non-hydrogen) atoms. The number of carbonyl (C=O) groups excluding carboxylic acids is 1. The lowest BCUT2D eigenvalue weighted by atomic mass is 10.2. The summed E-state index contributed by atoms with van der Waals surface area (Å²) in [5, 5.41) is 14.3. The molecule has 2 amide bonds. The summed E-state index contributed by atoms with van der Waals surface area (Å²) in [5.41, 5.74) is 0. The maximum Gasteiger partial charge on any atom is 0.326 e. The van der Waals surface area contributed by atoms with E-state index in [2.05, 4.69) is 17.6 Å². The van der Waals surface area contributed by atoms with E-state index in [1.54, 1.807) is 0 Å². The van der Waals surface area contributed by atoms with Gasteiger partial charge in [0.05, 0.1) is 0 Å². The summed E-state index contributed by atoms with van der Waals surface area (Å²) in [5.74, 6) is -0.222. The average Bonchev–Trinajstić information content (AvgIpc) is 3.08. The molecule has 5 nitrogen and oxygen atoms in total. The minimum absolute atomic E-state index is 0.129. The zero-order chi connectivity index (χ0) is 11.7. The first-order chi connectivity index (χ1) is 7.61. The molecule has 0 aromatic heterocycles. The predicted molar refractivity (Wildman–Crippen MR) is 58.0 cm³/mol. The monoisotopic (exact) mass is 226 g/mol. The van der Waals surface area contributed by atoms with Gasteiger partial charge in [-0.05, 0) is 31.1 Å². The van der Waals surface area contributed by atoms with Crippen LogP contribution in [-0.2, 0) is 4.79 Å². The van der Waals surface area contributed by atoms with Crippen LogP contribution in [0.5, 0.6) is 0 Å². The van der Waals surface area contributed by atoms with Crippen LogP contribution in [0.2, 0.25) is 0 Å². The van der Waals surface area contributed by atoms with Crippen LogP contribution in [0.25, 0.3) is 0 Å². The zero-order valence-electron chi connectivity index (χ0n) is 9.40. The summed E-state index contributed by atoms with van der Waals surface area (Å²) in [7, 11) is 0. The molecule has 0 radical (unpaired) electrons. The molecule has 3 atom stereocenters. The van der Waals surface area contributed by atoms with E-state index in [1.165, 1.54) is 0 Å². The fourth-order valence-electron chi connectivity index (χ4n) is 2.04. The fourth-order valence-corrected chi connectivity index (χ4v) is 2.04. The van der Waals surface area contributed by atoms with Crippen LogP contribution < -0.4 is 10.6 Å². The van der Waals surface area contributed by atoms with Crippen LogP contribution in [0.4, 0.5) is 4.79 Å². The number of carbonyl (C=O) groups is 2. The molecule has 0 aromatic rings. The second-order valence-corrected chi connectivity index (χ2v) is 4.78. The van der Waals surface area contributed by atoms with Gasteiger partial charge in [0.2, 0.25) is 0 Å². The van der Waals surface area contributed by atoms with Crippen LogP contribution in [0.1, 0.15) is 32.6 Å². The van der Waals surface area contributed by atoms with Gasteiger partial charge in [-0.3, -0.25) is 0 Å². The average molecular weight is 226 g/mol. The number of urea groups is 1. The van der Waals surface area contributed by atoms with Gasteiger partial charge < -0.3 is 15.7 Å². The molecule has 0 spiro atoms. The highest BCUT2D eigenvalue weighted by Crippen LogP contribution is 2.34. The van der Waals surface area contributed by atoms with Crippen LogP contribution in [0.15, 0.2) is 0 Å². The lowest BCUT2D eigenvalue weighted by Crippen LogP contribution is -2.48. The number of carboxylic acids is 1. The van der Waals surface area contributed by atoms with Gasteiger partial charge in [-0.25, -0.2) is 9.59 Å². The number of hydrogen-bond donors (Lipinski definition) is 3. The third-order valence-corrected chi connectivity index (χ3v) is 3.41. The highest BCUT2D eigenvalue weighted by molar-refractivity contribution is 5.83. The van der Waals surface area contributed by atoms with E-state index < -0.39 is 12.0 Å². The molecular weight excluding hydrogens is 208 g/mol. The molecule has 3 N–H and O–H groups in total. The number of carboxylic acid groups (broad SMARTS) is 1. The Hall–Kier alpha value is -1.26. The molecule has 2 saturated carbocycles. The lowest BCUT2D eigenvalue weighted by Gasteiger charge is -2.14. The molecular formula is C11H18N2O3. The van der Waals surface area contributed by atoms with Crippen molar-refractivity contribution in [3.63, 3.8) is 0 Å². The third-order valence-electron chi connectivity index (χ3n) is 3.41. The predicted octanol–water partition coefficient (Wildman–Crippen LogP) is 0.947. The molecule has 0 aromatic carbocycles. The molecule has 0 saturated heterocycles. The summed E-state index contributed by atoms with van der Waals surface area (Å²) in [6, 6.07) is -0.794. The summed E-state index contributed by atoms with van der Waals surface area (Å²) in [6.07, 6.45) is 3.89. The van der Waals surface area contributed by atoms with E-state index in [0.717, 1.165) is 25.7 Å². The number of nitrogens with one attached hydrogen (secondary N) is 2. The Balaban J connectivity index is 1.75. The largest absolute Gasteiger partial charge is 0.480 e. The van der Waals surface area contributed by atoms with E-state index in [0.29, 0.717) is 5.92 Å². The standard InChI is InChI=1S/C11H18N2O3/c1-2-6-5-8(6)12-11(16)13-9(10(14)15)7-3-4-7/h6-9H,2-5H2,1H3,(H,14,15)(H2,12,13,16). The van der Waals surface area contributed by atoms with Gasteiger partial charge in [-0.2, -0.15) is 0 Å². The second kappa shape index (κ2) is 4.31. The van der Waals surface area contributed by atoms with E-state index in [-0.39, 0.29) is 18.0 Å². The third kappa shape index (κ3) is 2.65. The number of amides is 2. The van der Waals surface area contributed by atoms with Crippen LogP contribution in [0.3, 0.4) is 0 Å². The van der Waals surface area contributed by atoms with Crippen molar-refractivity contribution in [1.82, 2.24) is 10.6 Å². The van der Waals surface area contributed by atoms with Gasteiger partial charge in [0.25, 0.3) is 0 Å². The minimum atomic E-state index is -0.930. The Morgan fingerprint density at radius 3 is 2.56 bits per heavy atom. The van der Waals surface area contributed by atoms with Crippen molar-refractivity contribution in [3.05, 3.63) is 0 Å². The van der Waals surface area contributed by atoms with Gasteiger partial charge in [0.15, 0.2) is 0 Å². The molecule has 0 bridgehead atoms. The first-order valence-corrected chi connectivity index (χ1v) is 5.91. The normalized spacial score (nSPS) is 29.3. The highest BCUT2D eigenvalue weighted by atomic mass is 16.4. The van der Waals surface area contributed by atoms with Crippen molar-refractivity contribution in [2.24, 2.45) is 11.8 Å². The summed E-state index contributed by atoms with van der Waals surface area (Å²) >= 11 is 0. The summed E-state index contributed by atoms with van der Waals surface area (Å²) < 4.78 is 0. The van der Waals surface area contributed by atoms with E-state index in [1.807, 2.05) is 0 Å². The Kier molecular flexibility index (Phi) is 3.03. The highest BCUT2D eigenvalue weighted by Gasteiger charge is 2.40. The maximum atomic E-state index is 11.5. The second-order valence-electron chi connectivity index (χ2n) is 4.78. The van der Waals surface area contributed by atoms with E-state index >= 15 is 0 Å². The van der Waals surface area contributed by atoms with Crippen molar-refractivity contribution >= 4 is 12.0 Å². The lowest BCUT2D eigenvalue weighted by molar-refractivity contribution is -0.139. The molecule has 5 heteroatoms. The Labute approximate surface area is 94.6 Å². The topological polar surface area (TPSA) is 78.4 Å². The summed E-state index contributed by atoms with van der Waals surface area (Å²) in [6.45, 7) is 2.09.